The molecule has 0 saturated heterocycles. The van der Waals surface area contributed by atoms with Gasteiger partial charge in [-0.25, -0.2) is 0 Å². The van der Waals surface area contributed by atoms with E-state index in [-0.39, 0.29) is 13.0 Å². The standard InChI is InChI=1S/C27H26N2O5/c1-19-14-24(12-13-25(19)22(16-28)15-27(30)31)33-17-20-8-10-23(11-9-20)34-18-26(29-32-2)21-6-4-3-5-7-21/h3-14,22H,15,17-18H2,1-2H3,(H,30,31). The van der Waals surface area contributed by atoms with Crippen LogP contribution in [0.4, 0.5) is 0 Å². The largest absolute Gasteiger partial charge is 0.489 e. The Kier molecular flexibility index (Phi) is 8.64. The second-order valence-electron chi connectivity index (χ2n) is 7.61. The molecular weight excluding hydrogens is 432 g/mol. The first-order valence-corrected chi connectivity index (χ1v) is 10.7. The van der Waals surface area contributed by atoms with Gasteiger partial charge in [0.15, 0.2) is 0 Å². The van der Waals surface area contributed by atoms with Crippen LogP contribution < -0.4 is 9.47 Å². The second kappa shape index (κ2) is 12.1. The number of nitriles is 1. The number of rotatable bonds is 11. The number of carbonyl (C=O) groups is 1. The zero-order valence-electron chi connectivity index (χ0n) is 19.1. The Morgan fingerprint density at radius 1 is 1.03 bits per heavy atom. The summed E-state index contributed by atoms with van der Waals surface area (Å²) in [5.74, 6) is -0.335. The zero-order chi connectivity index (χ0) is 24.3. The van der Waals surface area contributed by atoms with E-state index in [0.29, 0.717) is 29.4 Å². The summed E-state index contributed by atoms with van der Waals surface area (Å²) >= 11 is 0. The summed E-state index contributed by atoms with van der Waals surface area (Å²) < 4.78 is 11.7. The lowest BCUT2D eigenvalue weighted by molar-refractivity contribution is -0.137. The summed E-state index contributed by atoms with van der Waals surface area (Å²) in [7, 11) is 1.50. The smallest absolute Gasteiger partial charge is 0.305 e. The lowest BCUT2D eigenvalue weighted by Crippen LogP contribution is -2.13. The van der Waals surface area contributed by atoms with Gasteiger partial charge in [0.1, 0.15) is 37.5 Å². The first-order valence-electron chi connectivity index (χ1n) is 10.7. The minimum atomic E-state index is -0.999. The van der Waals surface area contributed by atoms with Gasteiger partial charge >= 0.3 is 5.97 Å². The molecule has 3 aromatic rings. The highest BCUT2D eigenvalue weighted by Gasteiger charge is 2.17. The van der Waals surface area contributed by atoms with Crippen molar-refractivity contribution in [1.82, 2.24) is 0 Å². The molecule has 7 heteroatoms. The third-order valence-electron chi connectivity index (χ3n) is 5.16. The summed E-state index contributed by atoms with van der Waals surface area (Å²) in [5, 5.41) is 22.3. The van der Waals surface area contributed by atoms with E-state index in [1.54, 1.807) is 12.1 Å². The van der Waals surface area contributed by atoms with Crippen molar-refractivity contribution in [2.24, 2.45) is 5.16 Å². The molecule has 0 radical (unpaired) electrons. The third-order valence-corrected chi connectivity index (χ3v) is 5.16. The molecule has 0 spiro atoms. The summed E-state index contributed by atoms with van der Waals surface area (Å²) in [6, 6.07) is 24.7. The molecule has 0 aromatic heterocycles. The van der Waals surface area contributed by atoms with Gasteiger partial charge < -0.3 is 19.4 Å². The van der Waals surface area contributed by atoms with Gasteiger partial charge in [0.2, 0.25) is 0 Å². The molecule has 1 atom stereocenters. The number of hydrogen-bond donors (Lipinski definition) is 1. The average molecular weight is 459 g/mol. The van der Waals surface area contributed by atoms with Gasteiger partial charge in [0.05, 0.1) is 18.4 Å². The number of hydrogen-bond acceptors (Lipinski definition) is 6. The maximum Gasteiger partial charge on any atom is 0.305 e. The fourth-order valence-electron chi connectivity index (χ4n) is 3.43. The first-order chi connectivity index (χ1) is 16.5. The van der Waals surface area contributed by atoms with Crippen LogP contribution in [-0.4, -0.2) is 30.5 Å². The van der Waals surface area contributed by atoms with E-state index in [2.05, 4.69) is 11.2 Å². The Balaban J connectivity index is 1.57. The van der Waals surface area contributed by atoms with Crippen molar-refractivity contribution in [3.05, 3.63) is 95.1 Å². The van der Waals surface area contributed by atoms with Crippen molar-refractivity contribution in [3.63, 3.8) is 0 Å². The zero-order valence-corrected chi connectivity index (χ0v) is 19.1. The summed E-state index contributed by atoms with van der Waals surface area (Å²) in [6.07, 6.45) is -0.226. The molecule has 1 N–H and O–H groups in total. The maximum absolute atomic E-state index is 11.0. The predicted molar refractivity (Wildman–Crippen MR) is 128 cm³/mol. The van der Waals surface area contributed by atoms with Crippen LogP contribution in [0.5, 0.6) is 11.5 Å². The highest BCUT2D eigenvalue weighted by Crippen LogP contribution is 2.26. The molecule has 7 nitrogen and oxygen atoms in total. The molecule has 174 valence electrons. The number of ether oxygens (including phenoxy) is 2. The monoisotopic (exact) mass is 458 g/mol. The Morgan fingerprint density at radius 3 is 2.35 bits per heavy atom. The van der Waals surface area contributed by atoms with E-state index < -0.39 is 11.9 Å². The molecule has 0 saturated carbocycles. The van der Waals surface area contributed by atoms with E-state index in [0.717, 1.165) is 16.7 Å². The average Bonchev–Trinajstić information content (AvgIpc) is 2.85. The minimum absolute atomic E-state index is 0.226. The van der Waals surface area contributed by atoms with Crippen molar-refractivity contribution in [2.75, 3.05) is 13.7 Å². The van der Waals surface area contributed by atoms with Crippen molar-refractivity contribution in [3.8, 4) is 17.6 Å². The molecular formula is C27H26N2O5. The molecule has 0 bridgehead atoms. The van der Waals surface area contributed by atoms with Gasteiger partial charge in [-0.1, -0.05) is 53.7 Å². The normalized spacial score (nSPS) is 11.9. The number of carboxylic acid groups (broad SMARTS) is 1. The summed E-state index contributed by atoms with van der Waals surface area (Å²) in [4.78, 5) is 15.9. The molecule has 0 aliphatic rings. The van der Waals surface area contributed by atoms with E-state index >= 15 is 0 Å². The first kappa shape index (κ1) is 24.3. The van der Waals surface area contributed by atoms with Crippen LogP contribution in [-0.2, 0) is 16.2 Å². The highest BCUT2D eigenvalue weighted by molar-refractivity contribution is 6.01. The minimum Gasteiger partial charge on any atom is -0.489 e. The Labute approximate surface area is 198 Å². The second-order valence-corrected chi connectivity index (χ2v) is 7.61. The summed E-state index contributed by atoms with van der Waals surface area (Å²) in [6.45, 7) is 2.47. The maximum atomic E-state index is 11.0. The number of oxime groups is 1. The van der Waals surface area contributed by atoms with E-state index in [9.17, 15) is 10.1 Å². The highest BCUT2D eigenvalue weighted by atomic mass is 16.6. The Bertz CT molecular complexity index is 1170. The van der Waals surface area contributed by atoms with E-state index in [1.807, 2.05) is 67.6 Å². The van der Waals surface area contributed by atoms with Gasteiger partial charge in [-0.05, 0) is 47.9 Å². The van der Waals surface area contributed by atoms with Crippen LogP contribution >= 0.6 is 0 Å². The number of benzene rings is 3. The molecule has 0 heterocycles. The van der Waals surface area contributed by atoms with Crippen molar-refractivity contribution < 1.29 is 24.2 Å². The van der Waals surface area contributed by atoms with Crippen molar-refractivity contribution in [1.29, 1.82) is 5.26 Å². The van der Waals surface area contributed by atoms with Gasteiger partial charge in [0.25, 0.3) is 0 Å². The van der Waals surface area contributed by atoms with Crippen LogP contribution in [0.1, 0.15) is 34.6 Å². The van der Waals surface area contributed by atoms with E-state index in [4.69, 9.17) is 19.4 Å². The number of aliphatic carboxylic acids is 1. The fraction of sp³-hybridized carbons (Fsp3) is 0.222. The van der Waals surface area contributed by atoms with Crippen molar-refractivity contribution in [2.45, 2.75) is 25.9 Å². The van der Waals surface area contributed by atoms with Gasteiger partial charge in [-0.15, -0.1) is 0 Å². The van der Waals surface area contributed by atoms with Crippen LogP contribution in [0.2, 0.25) is 0 Å². The number of nitrogens with zero attached hydrogens (tertiary/aromatic N) is 2. The molecule has 34 heavy (non-hydrogen) atoms. The molecule has 3 aromatic carbocycles. The van der Waals surface area contributed by atoms with Gasteiger partial charge in [-0.2, -0.15) is 5.26 Å². The van der Waals surface area contributed by atoms with Crippen LogP contribution in [0.3, 0.4) is 0 Å². The fourth-order valence-corrected chi connectivity index (χ4v) is 3.43. The molecule has 0 fully saturated rings. The van der Waals surface area contributed by atoms with Gasteiger partial charge in [-0.3, -0.25) is 4.79 Å². The number of aryl methyl sites for hydroxylation is 1. The topological polar surface area (TPSA) is 101 Å². The molecule has 1 unspecified atom stereocenters. The summed E-state index contributed by atoms with van der Waals surface area (Å²) in [5.41, 5.74) is 4.10. The molecule has 0 amide bonds. The molecule has 3 rings (SSSR count). The third kappa shape index (κ3) is 6.84. The van der Waals surface area contributed by atoms with E-state index in [1.165, 1.54) is 7.11 Å². The predicted octanol–water partition coefficient (Wildman–Crippen LogP) is 5.09. The molecule has 0 aliphatic heterocycles. The Morgan fingerprint density at radius 2 is 1.74 bits per heavy atom. The quantitative estimate of drug-likeness (QED) is 0.317. The van der Waals surface area contributed by atoms with Crippen LogP contribution in [0.15, 0.2) is 78.0 Å². The van der Waals surface area contributed by atoms with Crippen LogP contribution in [0.25, 0.3) is 0 Å². The van der Waals surface area contributed by atoms with Crippen LogP contribution in [0, 0.1) is 18.3 Å². The SMILES string of the molecule is CON=C(COc1ccc(COc2ccc(C(C#N)CC(=O)O)c(C)c2)cc1)c1ccccc1. The lowest BCUT2D eigenvalue weighted by atomic mass is 9.93. The Hall–Kier alpha value is -4.31. The number of carboxylic acids is 1. The van der Waals surface area contributed by atoms with Gasteiger partial charge in [0, 0.05) is 5.56 Å². The van der Waals surface area contributed by atoms with Crippen molar-refractivity contribution >= 4 is 11.7 Å². The molecule has 0 aliphatic carbocycles. The lowest BCUT2D eigenvalue weighted by Gasteiger charge is -2.13.